The van der Waals surface area contributed by atoms with Crippen LogP contribution in [0, 0.1) is 0 Å². The number of carbonyl (C=O) groups is 1. The first-order chi connectivity index (χ1) is 19.6. The van der Waals surface area contributed by atoms with Gasteiger partial charge in [-0.25, -0.2) is 4.79 Å². The number of hydrogen-bond acceptors (Lipinski definition) is 3. The molecule has 0 amide bonds. The summed E-state index contributed by atoms with van der Waals surface area (Å²) in [6.07, 6.45) is -24.9. The maximum Gasteiger partial charge on any atom is 0.508 e. The van der Waals surface area contributed by atoms with Crippen molar-refractivity contribution in [3.63, 3.8) is 0 Å². The van der Waals surface area contributed by atoms with Crippen LogP contribution in [-0.4, -0.2) is 90.9 Å². The Balaban J connectivity index is 5.63. The lowest BCUT2D eigenvalue weighted by molar-refractivity contribution is -0.440. The van der Waals surface area contributed by atoms with E-state index in [1.54, 1.807) is 0 Å². The number of ether oxygens (including phenoxy) is 2. The average molecular weight is 754 g/mol. The second-order valence-electron chi connectivity index (χ2n) is 8.45. The largest absolute Gasteiger partial charge is 0.508 e. The summed E-state index contributed by atoms with van der Waals surface area (Å²) in [4.78, 5) is 11.0. The molecule has 0 aromatic heterocycles. The van der Waals surface area contributed by atoms with Gasteiger partial charge in [-0.2, -0.15) is 114 Å². The minimum absolute atomic E-state index is 2.61. The zero-order chi connectivity index (χ0) is 37.8. The molecule has 0 saturated carbocycles. The third-order valence-electron chi connectivity index (χ3n) is 5.27. The fourth-order valence-electron chi connectivity index (χ4n) is 2.48. The van der Waals surface area contributed by atoms with Crippen LogP contribution in [0.5, 0.6) is 0 Å². The fourth-order valence-corrected chi connectivity index (χ4v) is 2.48. The van der Waals surface area contributed by atoms with Crippen LogP contribution in [-0.2, 0) is 9.47 Å². The molecule has 0 spiro atoms. The Morgan fingerprint density at radius 1 is 0.326 bits per heavy atom. The van der Waals surface area contributed by atoms with Crippen molar-refractivity contribution in [2.24, 2.45) is 0 Å². The molecule has 0 aliphatic rings. The quantitative estimate of drug-likeness (QED) is 0.131. The number of alkyl halides is 26. The van der Waals surface area contributed by atoms with E-state index in [1.165, 1.54) is 0 Å². The molecule has 0 unspecified atom stereocenters. The molecule has 0 atom stereocenters. The molecule has 0 heterocycles. The Morgan fingerprint density at radius 3 is 0.717 bits per heavy atom. The monoisotopic (exact) mass is 754 g/mol. The Kier molecular flexibility index (Phi) is 11.2. The van der Waals surface area contributed by atoms with Crippen LogP contribution >= 0.6 is 0 Å². The van der Waals surface area contributed by atoms with Crippen LogP contribution < -0.4 is 0 Å². The van der Waals surface area contributed by atoms with E-state index in [2.05, 4.69) is 9.47 Å². The topological polar surface area (TPSA) is 35.5 Å². The SMILES string of the molecule is O=C(OCCC(F)(F)C(F)(F)C(F)(F)C(F)(F)C(F)(F)C(F)(F)F)OCCC(F)(F)C(F)(F)C(F)(F)C(F)(F)C(F)(F)C(F)(F)F. The molecule has 3 nitrogen and oxygen atoms in total. The third-order valence-corrected chi connectivity index (χ3v) is 5.27. The molecule has 29 heteroatoms. The molecule has 276 valence electrons. The Labute approximate surface area is 233 Å². The van der Waals surface area contributed by atoms with Gasteiger partial charge in [-0.3, -0.25) is 0 Å². The third kappa shape index (κ3) is 6.59. The molecule has 0 aromatic carbocycles. The summed E-state index contributed by atoms with van der Waals surface area (Å²) < 4.78 is 343. The van der Waals surface area contributed by atoms with Crippen LogP contribution in [0.1, 0.15) is 12.8 Å². The minimum atomic E-state index is -8.32. The summed E-state index contributed by atoms with van der Waals surface area (Å²) >= 11 is 0. The lowest BCUT2D eigenvalue weighted by Gasteiger charge is -2.39. The molecule has 46 heavy (non-hydrogen) atoms. The van der Waals surface area contributed by atoms with Gasteiger partial charge in [0.25, 0.3) is 0 Å². The van der Waals surface area contributed by atoms with E-state index in [0.29, 0.717) is 0 Å². The summed E-state index contributed by atoms with van der Waals surface area (Å²) in [7, 11) is 0. The van der Waals surface area contributed by atoms with Gasteiger partial charge in [0, 0.05) is 0 Å². The lowest BCUT2D eigenvalue weighted by Crippen LogP contribution is -2.70. The van der Waals surface area contributed by atoms with Gasteiger partial charge in [-0.15, -0.1) is 0 Å². The molecular weight excluding hydrogens is 746 g/mol. The average Bonchev–Trinajstić information content (AvgIpc) is 2.81. The van der Waals surface area contributed by atoms with Crippen LogP contribution in [0.25, 0.3) is 0 Å². The lowest BCUT2D eigenvalue weighted by atomic mass is 9.93. The van der Waals surface area contributed by atoms with Crippen molar-refractivity contribution in [3.05, 3.63) is 0 Å². The van der Waals surface area contributed by atoms with E-state index in [0.717, 1.165) is 0 Å². The van der Waals surface area contributed by atoms with E-state index in [-0.39, 0.29) is 0 Å². The van der Waals surface area contributed by atoms with Crippen molar-refractivity contribution in [2.75, 3.05) is 13.2 Å². The van der Waals surface area contributed by atoms with Gasteiger partial charge in [0.15, 0.2) is 0 Å². The maximum absolute atomic E-state index is 13.5. The summed E-state index contributed by atoms with van der Waals surface area (Å²) in [5.41, 5.74) is 0. The summed E-state index contributed by atoms with van der Waals surface area (Å²) in [6.45, 7) is -5.22. The van der Waals surface area contributed by atoms with Crippen molar-refractivity contribution in [3.8, 4) is 0 Å². The molecule has 0 aliphatic carbocycles. The van der Waals surface area contributed by atoms with E-state index in [4.69, 9.17) is 0 Å². The van der Waals surface area contributed by atoms with Crippen molar-refractivity contribution >= 4 is 6.16 Å². The molecule has 0 radical (unpaired) electrons. The molecule has 0 N–H and O–H groups in total. The zero-order valence-corrected chi connectivity index (χ0v) is 20.4. The normalized spacial score (nSPS) is 16.0. The van der Waals surface area contributed by atoms with Crippen LogP contribution in [0.3, 0.4) is 0 Å². The van der Waals surface area contributed by atoms with Gasteiger partial charge in [-0.1, -0.05) is 0 Å². The molecule has 0 aromatic rings. The highest BCUT2D eigenvalue weighted by Gasteiger charge is 2.92. The zero-order valence-electron chi connectivity index (χ0n) is 20.4. The predicted octanol–water partition coefficient (Wildman–Crippen LogP) is 9.40. The first-order valence-electron chi connectivity index (χ1n) is 10.3. The standard InChI is InChI=1S/C17H8F26O3/c18-6(19,8(22,23)10(26,27)12(30,31)14(34,35)16(38,39)40)1-3-45-5(44)46-4-2-7(20,21)9(24,25)11(28,29)13(32,33)15(36,37)17(41,42)43/h1-4H2. The second kappa shape index (κ2) is 11.9. The molecular formula is C17H8F26O3. The number of carbonyl (C=O) groups excluding carboxylic acids is 1. The van der Waals surface area contributed by atoms with Crippen LogP contribution in [0.4, 0.5) is 119 Å². The number of halogens is 26. The highest BCUT2D eigenvalue weighted by molar-refractivity contribution is 5.59. The first kappa shape index (κ1) is 43.5. The van der Waals surface area contributed by atoms with E-state index >= 15 is 0 Å². The van der Waals surface area contributed by atoms with Crippen molar-refractivity contribution < 1.29 is 128 Å². The van der Waals surface area contributed by atoms with Gasteiger partial charge in [0.2, 0.25) is 0 Å². The fraction of sp³-hybridized carbons (Fsp3) is 0.941. The molecule has 0 fully saturated rings. The van der Waals surface area contributed by atoms with Crippen LogP contribution in [0.2, 0.25) is 0 Å². The molecule has 0 saturated heterocycles. The number of hydrogen-bond donors (Lipinski definition) is 0. The van der Waals surface area contributed by atoms with Gasteiger partial charge in [0.05, 0.1) is 12.8 Å². The Morgan fingerprint density at radius 2 is 0.522 bits per heavy atom. The summed E-state index contributed by atoms with van der Waals surface area (Å²) in [6, 6.07) is 0. The Bertz CT molecular complexity index is 987. The van der Waals surface area contributed by atoms with Crippen LogP contribution in [0.15, 0.2) is 0 Å². The Hall–Kier alpha value is -2.55. The molecule has 0 bridgehead atoms. The summed E-state index contributed by atoms with van der Waals surface area (Å²) in [5, 5.41) is 0. The minimum Gasteiger partial charge on any atom is -0.434 e. The number of rotatable bonds is 14. The van der Waals surface area contributed by atoms with Gasteiger partial charge < -0.3 is 9.47 Å². The van der Waals surface area contributed by atoms with Crippen molar-refractivity contribution in [1.29, 1.82) is 0 Å². The van der Waals surface area contributed by atoms with Gasteiger partial charge in [0.1, 0.15) is 13.2 Å². The second-order valence-corrected chi connectivity index (χ2v) is 8.45. The van der Waals surface area contributed by atoms with E-state index in [1.807, 2.05) is 0 Å². The highest BCUT2D eigenvalue weighted by Crippen LogP contribution is 2.62. The van der Waals surface area contributed by atoms with E-state index in [9.17, 15) is 119 Å². The van der Waals surface area contributed by atoms with Gasteiger partial charge >= 0.3 is 77.7 Å². The first-order valence-corrected chi connectivity index (χ1v) is 10.3. The molecule has 0 rings (SSSR count). The molecule has 0 aliphatic heterocycles. The van der Waals surface area contributed by atoms with Gasteiger partial charge in [-0.05, 0) is 0 Å². The summed E-state index contributed by atoms with van der Waals surface area (Å²) in [5.74, 6) is -78.8. The smallest absolute Gasteiger partial charge is 0.434 e. The maximum atomic E-state index is 13.5. The predicted molar refractivity (Wildman–Crippen MR) is 88.1 cm³/mol. The van der Waals surface area contributed by atoms with Crippen molar-refractivity contribution in [1.82, 2.24) is 0 Å². The van der Waals surface area contributed by atoms with Crippen molar-refractivity contribution in [2.45, 2.75) is 84.4 Å². The van der Waals surface area contributed by atoms with E-state index < -0.39 is 104 Å². The highest BCUT2D eigenvalue weighted by atomic mass is 19.4.